The molecule has 156 valence electrons. The molecular weight excluding hydrogens is 382 g/mol. The predicted molar refractivity (Wildman–Crippen MR) is 107 cm³/mol. The van der Waals surface area contributed by atoms with Crippen LogP contribution in [-0.2, 0) is 14.8 Å². The maximum Gasteiger partial charge on any atom is 0.251 e. The summed E-state index contributed by atoms with van der Waals surface area (Å²) >= 11 is 0. The Morgan fingerprint density at radius 3 is 2.36 bits per heavy atom. The van der Waals surface area contributed by atoms with Gasteiger partial charge in [-0.15, -0.1) is 0 Å². The number of sulfonamides is 1. The zero-order valence-electron chi connectivity index (χ0n) is 16.4. The van der Waals surface area contributed by atoms with Crippen LogP contribution in [0.15, 0.2) is 24.3 Å². The average Bonchev–Trinajstić information content (AvgIpc) is 2.70. The van der Waals surface area contributed by atoms with E-state index in [2.05, 4.69) is 5.32 Å². The molecule has 0 aromatic heterocycles. The molecule has 0 bridgehead atoms. The van der Waals surface area contributed by atoms with Crippen LogP contribution in [0, 0.1) is 0 Å². The summed E-state index contributed by atoms with van der Waals surface area (Å²) in [5, 5.41) is 11.7. The fourth-order valence-corrected chi connectivity index (χ4v) is 4.30. The number of rotatable bonds is 8. The van der Waals surface area contributed by atoms with Crippen LogP contribution in [0.4, 0.5) is 0 Å². The summed E-state index contributed by atoms with van der Waals surface area (Å²) in [6.07, 6.45) is 2.91. The maximum atomic E-state index is 13.3. The van der Waals surface area contributed by atoms with E-state index >= 15 is 0 Å². The minimum absolute atomic E-state index is 0.0467. The Bertz CT molecular complexity index is 789. The SMILES string of the molecule is CNC(=O)c1ccccc1[C@H](CCCCO)C(=O)N1CCN(S(C)(=O)=O)CC1. The predicted octanol–water partition coefficient (Wildman–Crippen LogP) is 0.396. The van der Waals surface area contributed by atoms with Crippen molar-refractivity contribution in [2.75, 3.05) is 46.1 Å². The maximum absolute atomic E-state index is 13.3. The van der Waals surface area contributed by atoms with Gasteiger partial charge in [0.25, 0.3) is 5.91 Å². The van der Waals surface area contributed by atoms with Crippen LogP contribution in [0.1, 0.15) is 41.1 Å². The minimum atomic E-state index is -3.27. The molecule has 2 rings (SSSR count). The molecule has 1 aromatic carbocycles. The highest BCUT2D eigenvalue weighted by molar-refractivity contribution is 7.88. The van der Waals surface area contributed by atoms with Gasteiger partial charge in [0.15, 0.2) is 0 Å². The molecule has 0 unspecified atom stereocenters. The first-order chi connectivity index (χ1) is 13.3. The van der Waals surface area contributed by atoms with Crippen molar-refractivity contribution in [3.63, 3.8) is 0 Å². The fraction of sp³-hybridized carbons (Fsp3) is 0.579. The number of carbonyl (C=O) groups is 2. The standard InChI is InChI=1S/C19H29N3O5S/c1-20-18(24)16-8-4-3-7-15(16)17(9-5-6-14-23)19(25)21-10-12-22(13-11-21)28(2,26)27/h3-4,7-8,17,23H,5-6,9-14H2,1-2H3,(H,20,24)/t17-/m0/s1. The first-order valence-electron chi connectivity index (χ1n) is 9.45. The third kappa shape index (κ3) is 5.52. The topological polar surface area (TPSA) is 107 Å². The molecular formula is C19H29N3O5S. The lowest BCUT2D eigenvalue weighted by molar-refractivity contribution is -0.134. The summed E-state index contributed by atoms with van der Waals surface area (Å²) in [5.41, 5.74) is 1.12. The van der Waals surface area contributed by atoms with Gasteiger partial charge < -0.3 is 15.3 Å². The van der Waals surface area contributed by atoms with Gasteiger partial charge in [-0.1, -0.05) is 24.6 Å². The van der Waals surface area contributed by atoms with Crippen LogP contribution < -0.4 is 5.32 Å². The molecule has 1 aromatic rings. The van der Waals surface area contributed by atoms with Crippen molar-refractivity contribution in [3.8, 4) is 0 Å². The Morgan fingerprint density at radius 1 is 1.14 bits per heavy atom. The molecule has 2 amide bonds. The van der Waals surface area contributed by atoms with Crippen LogP contribution in [0.25, 0.3) is 0 Å². The largest absolute Gasteiger partial charge is 0.396 e. The molecule has 1 heterocycles. The highest BCUT2D eigenvalue weighted by atomic mass is 32.2. The Labute approximate surface area is 166 Å². The number of amides is 2. The van der Waals surface area contributed by atoms with E-state index < -0.39 is 15.9 Å². The van der Waals surface area contributed by atoms with Crippen molar-refractivity contribution in [1.82, 2.24) is 14.5 Å². The molecule has 1 saturated heterocycles. The van der Waals surface area contributed by atoms with Crippen molar-refractivity contribution < 1.29 is 23.1 Å². The number of aliphatic hydroxyl groups is 1. The summed E-state index contributed by atoms with van der Waals surface area (Å²) in [4.78, 5) is 27.2. The lowest BCUT2D eigenvalue weighted by atomic mass is 9.88. The monoisotopic (exact) mass is 411 g/mol. The molecule has 0 aliphatic carbocycles. The molecule has 1 atom stereocenters. The van der Waals surface area contributed by atoms with Gasteiger partial charge in [-0.3, -0.25) is 9.59 Å². The summed E-state index contributed by atoms with van der Waals surface area (Å²) < 4.78 is 24.8. The van der Waals surface area contributed by atoms with E-state index in [0.29, 0.717) is 43.5 Å². The van der Waals surface area contributed by atoms with Gasteiger partial charge in [0.05, 0.1) is 12.2 Å². The number of aliphatic hydroxyl groups excluding tert-OH is 1. The zero-order chi connectivity index (χ0) is 20.7. The third-order valence-electron chi connectivity index (χ3n) is 5.03. The summed E-state index contributed by atoms with van der Waals surface area (Å²) in [6, 6.07) is 7.05. The molecule has 0 saturated carbocycles. The number of hydrogen-bond acceptors (Lipinski definition) is 5. The van der Waals surface area contributed by atoms with Crippen LogP contribution in [0.3, 0.4) is 0 Å². The Balaban J connectivity index is 2.24. The van der Waals surface area contributed by atoms with E-state index in [1.54, 1.807) is 36.2 Å². The van der Waals surface area contributed by atoms with E-state index in [-0.39, 0.29) is 31.5 Å². The highest BCUT2D eigenvalue weighted by Crippen LogP contribution is 2.28. The smallest absolute Gasteiger partial charge is 0.251 e. The first kappa shape index (κ1) is 22.3. The molecule has 1 fully saturated rings. The van der Waals surface area contributed by atoms with Gasteiger partial charge in [-0.25, -0.2) is 8.42 Å². The molecule has 0 radical (unpaired) electrons. The van der Waals surface area contributed by atoms with Gasteiger partial charge in [0, 0.05) is 45.4 Å². The Kier molecular flexibility index (Phi) is 7.97. The Hall–Kier alpha value is -1.97. The second-order valence-electron chi connectivity index (χ2n) is 6.93. The molecule has 28 heavy (non-hydrogen) atoms. The molecule has 2 N–H and O–H groups in total. The van der Waals surface area contributed by atoms with Crippen LogP contribution >= 0.6 is 0 Å². The molecule has 9 heteroatoms. The average molecular weight is 412 g/mol. The second-order valence-corrected chi connectivity index (χ2v) is 8.91. The van der Waals surface area contributed by atoms with E-state index in [0.717, 1.165) is 0 Å². The second kappa shape index (κ2) is 9.99. The summed E-state index contributed by atoms with van der Waals surface area (Å²) in [5.74, 6) is -0.871. The number of nitrogens with zero attached hydrogens (tertiary/aromatic N) is 2. The molecule has 1 aliphatic rings. The van der Waals surface area contributed by atoms with Crippen molar-refractivity contribution in [1.29, 1.82) is 0 Å². The van der Waals surface area contributed by atoms with Crippen molar-refractivity contribution in [3.05, 3.63) is 35.4 Å². The molecule has 1 aliphatic heterocycles. The number of unbranched alkanes of at least 4 members (excludes halogenated alkanes) is 1. The van der Waals surface area contributed by atoms with Crippen LogP contribution in [-0.4, -0.2) is 80.6 Å². The minimum Gasteiger partial charge on any atom is -0.396 e. The lowest BCUT2D eigenvalue weighted by Gasteiger charge is -2.35. The summed E-state index contributed by atoms with van der Waals surface area (Å²) in [7, 11) is -1.72. The number of benzene rings is 1. The highest BCUT2D eigenvalue weighted by Gasteiger charge is 2.32. The number of piperazine rings is 1. The van der Waals surface area contributed by atoms with Gasteiger partial charge in [0.2, 0.25) is 15.9 Å². The van der Waals surface area contributed by atoms with Crippen molar-refractivity contribution in [2.24, 2.45) is 0 Å². The number of hydrogen-bond donors (Lipinski definition) is 2. The van der Waals surface area contributed by atoms with Crippen LogP contribution in [0.2, 0.25) is 0 Å². The van der Waals surface area contributed by atoms with E-state index in [1.807, 2.05) is 0 Å². The lowest BCUT2D eigenvalue weighted by Crippen LogP contribution is -2.51. The zero-order valence-corrected chi connectivity index (χ0v) is 17.2. The summed E-state index contributed by atoms with van der Waals surface area (Å²) in [6.45, 7) is 1.23. The van der Waals surface area contributed by atoms with E-state index in [9.17, 15) is 18.0 Å². The van der Waals surface area contributed by atoms with Crippen LogP contribution in [0.5, 0.6) is 0 Å². The van der Waals surface area contributed by atoms with Crippen molar-refractivity contribution >= 4 is 21.8 Å². The van der Waals surface area contributed by atoms with Crippen molar-refractivity contribution in [2.45, 2.75) is 25.2 Å². The fourth-order valence-electron chi connectivity index (χ4n) is 3.48. The first-order valence-corrected chi connectivity index (χ1v) is 11.3. The van der Waals surface area contributed by atoms with E-state index in [4.69, 9.17) is 5.11 Å². The number of carbonyl (C=O) groups excluding carboxylic acids is 2. The molecule has 0 spiro atoms. The van der Waals surface area contributed by atoms with Gasteiger partial charge in [0.1, 0.15) is 0 Å². The molecule has 8 nitrogen and oxygen atoms in total. The van der Waals surface area contributed by atoms with Gasteiger partial charge >= 0.3 is 0 Å². The van der Waals surface area contributed by atoms with Gasteiger partial charge in [-0.2, -0.15) is 4.31 Å². The van der Waals surface area contributed by atoms with E-state index in [1.165, 1.54) is 10.6 Å². The Morgan fingerprint density at radius 2 is 1.79 bits per heavy atom. The van der Waals surface area contributed by atoms with Gasteiger partial charge in [-0.05, 0) is 24.5 Å². The number of nitrogens with one attached hydrogen (secondary N) is 1. The normalized spacial score (nSPS) is 16.6. The quantitative estimate of drug-likeness (QED) is 0.602. The third-order valence-corrected chi connectivity index (χ3v) is 6.33.